The lowest BCUT2D eigenvalue weighted by atomic mass is 10.1. The lowest BCUT2D eigenvalue weighted by Crippen LogP contribution is -2.46. The van der Waals surface area contributed by atoms with Crippen LogP contribution in [-0.2, 0) is 26.2 Å². The molecule has 1 atom stereocenters. The third kappa shape index (κ3) is 4.86. The maximum Gasteiger partial charge on any atom is 0.269 e. The van der Waals surface area contributed by atoms with Crippen molar-refractivity contribution < 1.29 is 22.8 Å². The topological polar surface area (TPSA) is 104 Å². The number of benzene rings is 2. The van der Waals surface area contributed by atoms with Crippen molar-refractivity contribution in [3.63, 3.8) is 0 Å². The lowest BCUT2D eigenvalue weighted by Gasteiger charge is -2.28. The molecule has 0 saturated heterocycles. The maximum atomic E-state index is 13.0. The van der Waals surface area contributed by atoms with Crippen molar-refractivity contribution >= 4 is 43.7 Å². The number of hydrogen-bond acceptors (Lipinski definition) is 5. The molecule has 1 N–H and O–H groups in total. The quantitative estimate of drug-likeness (QED) is 0.574. The minimum atomic E-state index is -3.91. The molecule has 0 radical (unpaired) electrons. The predicted molar refractivity (Wildman–Crippen MR) is 122 cm³/mol. The Morgan fingerprint density at radius 1 is 1.12 bits per heavy atom. The highest BCUT2D eigenvalue weighted by Gasteiger charge is 2.40. The number of rotatable bonds is 8. The van der Waals surface area contributed by atoms with Gasteiger partial charge in [0.15, 0.2) is 0 Å². The van der Waals surface area contributed by atoms with Crippen LogP contribution in [0.4, 0.5) is 0 Å². The molecule has 2 aromatic rings. The molecule has 0 aliphatic carbocycles. The van der Waals surface area contributed by atoms with Gasteiger partial charge in [0.25, 0.3) is 15.9 Å². The largest absolute Gasteiger partial charge is 0.357 e. The zero-order chi connectivity index (χ0) is 23.5. The predicted octanol–water partition coefficient (Wildman–Crippen LogP) is 2.54. The van der Waals surface area contributed by atoms with E-state index in [1.165, 1.54) is 24.1 Å². The van der Waals surface area contributed by atoms with Gasteiger partial charge in [-0.2, -0.15) is 0 Å². The minimum absolute atomic E-state index is 0.00644. The summed E-state index contributed by atoms with van der Waals surface area (Å²) in [5.74, 6) is -1.19. The second kappa shape index (κ2) is 9.83. The summed E-state index contributed by atoms with van der Waals surface area (Å²) in [6.07, 6.45) is 0.141. The van der Waals surface area contributed by atoms with E-state index in [1.807, 2.05) is 24.3 Å². The molecule has 0 bridgehead atoms. The zero-order valence-electron chi connectivity index (χ0n) is 17.7. The van der Waals surface area contributed by atoms with E-state index in [2.05, 4.69) is 21.2 Å². The van der Waals surface area contributed by atoms with Gasteiger partial charge in [-0.15, -0.1) is 0 Å². The van der Waals surface area contributed by atoms with Crippen LogP contribution in [0.5, 0.6) is 0 Å². The number of sulfonamides is 1. The molecule has 1 aliphatic rings. The molecule has 32 heavy (non-hydrogen) atoms. The van der Waals surface area contributed by atoms with Crippen LogP contribution in [-0.4, -0.2) is 55.0 Å². The Labute approximate surface area is 195 Å². The number of hydrogen-bond donors (Lipinski definition) is 1. The molecule has 0 spiro atoms. The van der Waals surface area contributed by atoms with Gasteiger partial charge in [0.05, 0.1) is 5.56 Å². The van der Waals surface area contributed by atoms with Crippen LogP contribution in [0.3, 0.4) is 0 Å². The fourth-order valence-corrected chi connectivity index (χ4v) is 5.42. The number of nitrogens with zero attached hydrogens (tertiary/aromatic N) is 2. The van der Waals surface area contributed by atoms with E-state index < -0.39 is 22.0 Å². The molecular formula is C22H24BrN3O5S. The monoisotopic (exact) mass is 521 g/mol. The fraction of sp³-hybridized carbons (Fsp3) is 0.318. The molecule has 0 aromatic heterocycles. The van der Waals surface area contributed by atoms with Crippen LogP contribution < -0.4 is 5.32 Å². The number of carbonyl (C=O) groups is 3. The standard InChI is InChI=1S/C22H24BrN3O5S/c1-15(21(28)24-2)25(14-16-9-11-17(23)12-10-16)20(27)8-5-13-26-22(29)18-6-3-4-7-19(18)32(26,30)31/h3-4,6-7,9-12,15H,5,8,13-14H2,1-2H3,(H,24,28)/t15-/m1/s1. The van der Waals surface area contributed by atoms with Crippen molar-refractivity contribution in [2.24, 2.45) is 0 Å². The van der Waals surface area contributed by atoms with Crippen LogP contribution in [0.2, 0.25) is 0 Å². The van der Waals surface area contributed by atoms with Crippen molar-refractivity contribution in [2.45, 2.75) is 37.2 Å². The summed E-state index contributed by atoms with van der Waals surface area (Å²) in [5, 5.41) is 2.55. The lowest BCUT2D eigenvalue weighted by molar-refractivity contribution is -0.140. The van der Waals surface area contributed by atoms with Gasteiger partial charge in [-0.3, -0.25) is 14.4 Å². The second-order valence-electron chi connectivity index (χ2n) is 7.42. The summed E-state index contributed by atoms with van der Waals surface area (Å²) in [6.45, 7) is 1.76. The van der Waals surface area contributed by atoms with Crippen LogP contribution >= 0.6 is 15.9 Å². The fourth-order valence-electron chi connectivity index (χ4n) is 3.55. The van der Waals surface area contributed by atoms with Gasteiger partial charge in [-0.05, 0) is 43.2 Å². The van der Waals surface area contributed by atoms with Gasteiger partial charge in [-0.25, -0.2) is 12.7 Å². The van der Waals surface area contributed by atoms with Crippen molar-refractivity contribution in [3.8, 4) is 0 Å². The normalized spacial score (nSPS) is 15.2. The summed E-state index contributed by atoms with van der Waals surface area (Å²) in [6, 6.07) is 12.8. The van der Waals surface area contributed by atoms with Crippen LogP contribution in [0.25, 0.3) is 0 Å². The average molecular weight is 522 g/mol. The van der Waals surface area contributed by atoms with E-state index in [0.29, 0.717) is 0 Å². The van der Waals surface area contributed by atoms with Crippen molar-refractivity contribution in [1.29, 1.82) is 0 Å². The molecule has 3 amide bonds. The van der Waals surface area contributed by atoms with E-state index in [4.69, 9.17) is 0 Å². The number of nitrogens with one attached hydrogen (secondary N) is 1. The highest BCUT2D eigenvalue weighted by atomic mass is 79.9. The Hall–Kier alpha value is -2.72. The zero-order valence-corrected chi connectivity index (χ0v) is 20.1. The first-order valence-corrected chi connectivity index (χ1v) is 12.3. The first-order chi connectivity index (χ1) is 15.2. The molecule has 3 rings (SSSR count). The average Bonchev–Trinajstić information content (AvgIpc) is 2.98. The van der Waals surface area contributed by atoms with Crippen molar-refractivity contribution in [3.05, 3.63) is 64.1 Å². The molecular weight excluding hydrogens is 498 g/mol. The molecule has 0 fully saturated rings. The second-order valence-corrected chi connectivity index (χ2v) is 10.2. The Kier molecular flexibility index (Phi) is 7.35. The van der Waals surface area contributed by atoms with Crippen molar-refractivity contribution in [1.82, 2.24) is 14.5 Å². The third-order valence-electron chi connectivity index (χ3n) is 5.34. The van der Waals surface area contributed by atoms with Crippen molar-refractivity contribution in [2.75, 3.05) is 13.6 Å². The van der Waals surface area contributed by atoms with Crippen LogP contribution in [0.15, 0.2) is 57.9 Å². The first kappa shape index (κ1) is 23.9. The molecule has 0 unspecified atom stereocenters. The molecule has 1 aliphatic heterocycles. The Balaban J connectivity index is 1.69. The molecule has 170 valence electrons. The molecule has 10 heteroatoms. The number of fused-ring (bicyclic) bond motifs is 1. The van der Waals surface area contributed by atoms with E-state index in [-0.39, 0.29) is 48.2 Å². The van der Waals surface area contributed by atoms with E-state index in [1.54, 1.807) is 19.1 Å². The van der Waals surface area contributed by atoms with Gasteiger partial charge in [-0.1, -0.05) is 40.2 Å². The van der Waals surface area contributed by atoms with Gasteiger partial charge in [0.2, 0.25) is 11.8 Å². The minimum Gasteiger partial charge on any atom is -0.357 e. The summed E-state index contributed by atoms with van der Waals surface area (Å²) in [4.78, 5) is 39.2. The molecule has 0 saturated carbocycles. The summed E-state index contributed by atoms with van der Waals surface area (Å²) in [5.41, 5.74) is 0.994. The van der Waals surface area contributed by atoms with E-state index in [0.717, 1.165) is 14.3 Å². The smallest absolute Gasteiger partial charge is 0.269 e. The SMILES string of the molecule is CNC(=O)[C@@H](C)N(Cc1ccc(Br)cc1)C(=O)CCCN1C(=O)c2ccccc2S1(=O)=O. The van der Waals surface area contributed by atoms with Gasteiger partial charge in [0, 0.05) is 31.0 Å². The molecule has 2 aromatic carbocycles. The van der Waals surface area contributed by atoms with Gasteiger partial charge < -0.3 is 10.2 Å². The number of likely N-dealkylation sites (N-methyl/N-ethyl adjacent to an activating group) is 1. The summed E-state index contributed by atoms with van der Waals surface area (Å²) in [7, 11) is -2.41. The van der Waals surface area contributed by atoms with E-state index in [9.17, 15) is 22.8 Å². The number of halogens is 1. The number of carbonyl (C=O) groups excluding carboxylic acids is 3. The Bertz CT molecular complexity index is 1130. The molecule has 8 nitrogen and oxygen atoms in total. The van der Waals surface area contributed by atoms with E-state index >= 15 is 0 Å². The summed E-state index contributed by atoms with van der Waals surface area (Å²) >= 11 is 3.37. The van der Waals surface area contributed by atoms with Gasteiger partial charge >= 0.3 is 0 Å². The third-order valence-corrected chi connectivity index (χ3v) is 7.71. The van der Waals surface area contributed by atoms with Crippen LogP contribution in [0, 0.1) is 0 Å². The highest BCUT2D eigenvalue weighted by molar-refractivity contribution is 9.10. The molecule has 1 heterocycles. The maximum absolute atomic E-state index is 13.0. The number of amides is 3. The summed E-state index contributed by atoms with van der Waals surface area (Å²) < 4.78 is 27.0. The van der Waals surface area contributed by atoms with Gasteiger partial charge in [0.1, 0.15) is 10.9 Å². The Morgan fingerprint density at radius 2 is 1.78 bits per heavy atom. The Morgan fingerprint density at radius 3 is 2.41 bits per heavy atom. The highest BCUT2D eigenvalue weighted by Crippen LogP contribution is 2.30. The first-order valence-electron chi connectivity index (χ1n) is 10.1. The van der Waals surface area contributed by atoms with Crippen LogP contribution in [0.1, 0.15) is 35.7 Å².